The van der Waals surface area contributed by atoms with Crippen LogP contribution in [0.4, 0.5) is 0 Å². The Hall–Kier alpha value is -0.850. The molecule has 0 aliphatic rings. The van der Waals surface area contributed by atoms with E-state index in [1.165, 1.54) is 31.4 Å². The zero-order valence-electron chi connectivity index (χ0n) is 8.47. The summed E-state index contributed by atoms with van der Waals surface area (Å²) in [6.45, 7) is 0.278. The quantitative estimate of drug-likeness (QED) is 0.730. The van der Waals surface area contributed by atoms with E-state index in [0.29, 0.717) is 5.69 Å². The van der Waals surface area contributed by atoms with Gasteiger partial charge in [0.1, 0.15) is 0 Å². The Labute approximate surface area is 84.1 Å². The van der Waals surface area contributed by atoms with E-state index >= 15 is 0 Å². The van der Waals surface area contributed by atoms with Gasteiger partial charge in [-0.3, -0.25) is 0 Å². The fraction of sp³-hybridized carbons (Fsp3) is 0.500. The number of nitrogens with zero attached hydrogens (tertiary/aromatic N) is 2. The van der Waals surface area contributed by atoms with Gasteiger partial charge in [0.25, 0.3) is 0 Å². The molecule has 0 radical (unpaired) electrons. The lowest BCUT2D eigenvalue weighted by atomic mass is 10.5. The Morgan fingerprint density at radius 1 is 1.50 bits per heavy atom. The highest BCUT2D eigenvalue weighted by Gasteiger charge is 2.18. The minimum absolute atomic E-state index is 0.278. The van der Waals surface area contributed by atoms with Crippen LogP contribution in [-0.4, -0.2) is 37.9 Å². The van der Waals surface area contributed by atoms with Gasteiger partial charge >= 0.3 is 10.2 Å². The summed E-state index contributed by atoms with van der Waals surface area (Å²) < 4.78 is 30.7. The predicted octanol–water partition coefficient (Wildman–Crippen LogP) is 0.289. The Bertz CT molecular complexity index is 394. The minimum atomic E-state index is -3.42. The van der Waals surface area contributed by atoms with Gasteiger partial charge in [0, 0.05) is 27.4 Å². The molecule has 14 heavy (non-hydrogen) atoms. The first kappa shape index (κ1) is 11.2. The Balaban J connectivity index is 3.13. The van der Waals surface area contributed by atoms with Crippen LogP contribution in [0.1, 0.15) is 5.69 Å². The van der Waals surface area contributed by atoms with E-state index < -0.39 is 10.2 Å². The smallest absolute Gasteiger partial charge is 0.307 e. The molecular formula is C8H14N2O3S. The molecule has 0 aliphatic heterocycles. The summed E-state index contributed by atoms with van der Waals surface area (Å²) in [4.78, 5) is 0. The maximum Gasteiger partial charge on any atom is 0.307 e. The molecule has 0 saturated heterocycles. The molecule has 0 unspecified atom stereocenters. The third-order valence-electron chi connectivity index (χ3n) is 1.80. The van der Waals surface area contributed by atoms with Crippen molar-refractivity contribution in [3.8, 4) is 0 Å². The number of aromatic nitrogens is 1. The van der Waals surface area contributed by atoms with Crippen molar-refractivity contribution in [3.63, 3.8) is 0 Å². The van der Waals surface area contributed by atoms with Crippen LogP contribution in [0.15, 0.2) is 18.3 Å². The topological polar surface area (TPSA) is 51.5 Å². The van der Waals surface area contributed by atoms with Crippen molar-refractivity contribution in [1.82, 2.24) is 8.28 Å². The van der Waals surface area contributed by atoms with Crippen molar-refractivity contribution < 1.29 is 13.2 Å². The molecule has 0 N–H and O–H groups in total. The summed E-state index contributed by atoms with van der Waals surface area (Å²) in [6, 6.07) is 3.39. The largest absolute Gasteiger partial charge is 0.378 e. The van der Waals surface area contributed by atoms with Gasteiger partial charge in [-0.25, -0.2) is 3.97 Å². The number of ether oxygens (including phenoxy) is 1. The molecule has 0 atom stereocenters. The van der Waals surface area contributed by atoms with Crippen molar-refractivity contribution in [1.29, 1.82) is 0 Å². The highest BCUT2D eigenvalue weighted by Crippen LogP contribution is 2.09. The van der Waals surface area contributed by atoms with Gasteiger partial charge in [0.15, 0.2) is 0 Å². The van der Waals surface area contributed by atoms with Crippen molar-refractivity contribution in [3.05, 3.63) is 24.0 Å². The fourth-order valence-corrected chi connectivity index (χ4v) is 2.05. The van der Waals surface area contributed by atoms with E-state index in [-0.39, 0.29) is 6.61 Å². The monoisotopic (exact) mass is 218 g/mol. The lowest BCUT2D eigenvalue weighted by Gasteiger charge is -2.14. The van der Waals surface area contributed by atoms with Gasteiger partial charge in [0.05, 0.1) is 12.3 Å². The molecule has 0 aromatic carbocycles. The third kappa shape index (κ3) is 1.97. The SMILES string of the molecule is COCc1cccn1S(=O)(=O)N(C)C. The molecule has 0 spiro atoms. The van der Waals surface area contributed by atoms with Crippen LogP contribution in [0.5, 0.6) is 0 Å². The zero-order valence-corrected chi connectivity index (χ0v) is 9.28. The summed E-state index contributed by atoms with van der Waals surface area (Å²) in [5, 5.41) is 0. The minimum Gasteiger partial charge on any atom is -0.378 e. The van der Waals surface area contributed by atoms with E-state index in [1.807, 2.05) is 0 Å². The lowest BCUT2D eigenvalue weighted by molar-refractivity contribution is 0.180. The molecule has 6 heteroatoms. The lowest BCUT2D eigenvalue weighted by Crippen LogP contribution is -2.29. The van der Waals surface area contributed by atoms with Crippen molar-refractivity contribution in [2.24, 2.45) is 0 Å². The van der Waals surface area contributed by atoms with Crippen molar-refractivity contribution >= 4 is 10.2 Å². The normalized spacial score (nSPS) is 12.3. The summed E-state index contributed by atoms with van der Waals surface area (Å²) in [6.07, 6.45) is 1.50. The van der Waals surface area contributed by atoms with Gasteiger partial charge in [-0.2, -0.15) is 12.7 Å². The van der Waals surface area contributed by atoms with E-state index in [2.05, 4.69) is 0 Å². The molecule has 0 saturated carbocycles. The third-order valence-corrected chi connectivity index (χ3v) is 3.57. The van der Waals surface area contributed by atoms with Crippen LogP contribution in [0.25, 0.3) is 0 Å². The first-order valence-electron chi connectivity index (χ1n) is 4.08. The summed E-state index contributed by atoms with van der Waals surface area (Å²) in [5.41, 5.74) is 0.612. The highest BCUT2D eigenvalue weighted by molar-refractivity contribution is 7.87. The second kappa shape index (κ2) is 4.12. The average Bonchev–Trinajstić information content (AvgIpc) is 2.53. The Morgan fingerprint density at radius 3 is 2.64 bits per heavy atom. The molecule has 0 fully saturated rings. The molecule has 0 bridgehead atoms. The van der Waals surface area contributed by atoms with E-state index in [1.54, 1.807) is 12.1 Å². The fourth-order valence-electron chi connectivity index (χ4n) is 1.06. The molecular weight excluding hydrogens is 204 g/mol. The maximum absolute atomic E-state index is 11.7. The first-order chi connectivity index (χ1) is 6.50. The van der Waals surface area contributed by atoms with Gasteiger partial charge < -0.3 is 4.74 Å². The molecule has 1 aromatic heterocycles. The van der Waals surface area contributed by atoms with E-state index in [0.717, 1.165) is 4.31 Å². The maximum atomic E-state index is 11.7. The van der Waals surface area contributed by atoms with Crippen LogP contribution in [0.2, 0.25) is 0 Å². The molecule has 0 amide bonds. The standard InChI is InChI=1S/C8H14N2O3S/c1-9(2)14(11,12)10-6-4-5-8(10)7-13-3/h4-6H,7H2,1-3H3. The molecule has 80 valence electrons. The highest BCUT2D eigenvalue weighted by atomic mass is 32.2. The average molecular weight is 218 g/mol. The van der Waals surface area contributed by atoms with Crippen LogP contribution in [-0.2, 0) is 21.6 Å². The number of hydrogen-bond donors (Lipinski definition) is 0. The van der Waals surface area contributed by atoms with Gasteiger partial charge in [0.2, 0.25) is 0 Å². The van der Waals surface area contributed by atoms with Gasteiger partial charge in [-0.1, -0.05) is 0 Å². The molecule has 1 heterocycles. The van der Waals surface area contributed by atoms with Crippen LogP contribution in [0.3, 0.4) is 0 Å². The van der Waals surface area contributed by atoms with Crippen molar-refractivity contribution in [2.45, 2.75) is 6.61 Å². The van der Waals surface area contributed by atoms with Crippen LogP contribution < -0.4 is 0 Å². The van der Waals surface area contributed by atoms with E-state index in [4.69, 9.17) is 4.74 Å². The second-order valence-electron chi connectivity index (χ2n) is 3.02. The van der Waals surface area contributed by atoms with Crippen molar-refractivity contribution in [2.75, 3.05) is 21.2 Å². The molecule has 5 nitrogen and oxygen atoms in total. The first-order valence-corrected chi connectivity index (χ1v) is 5.48. The van der Waals surface area contributed by atoms with Gasteiger partial charge in [-0.15, -0.1) is 0 Å². The van der Waals surface area contributed by atoms with Crippen LogP contribution in [0, 0.1) is 0 Å². The Kier molecular flexibility index (Phi) is 3.30. The second-order valence-corrected chi connectivity index (χ2v) is 5.04. The number of methoxy groups -OCH3 is 1. The summed E-state index contributed by atoms with van der Waals surface area (Å²) in [7, 11) is 1.09. The Morgan fingerprint density at radius 2 is 2.14 bits per heavy atom. The molecule has 1 rings (SSSR count). The number of hydrogen-bond acceptors (Lipinski definition) is 3. The van der Waals surface area contributed by atoms with Crippen LogP contribution >= 0.6 is 0 Å². The predicted molar refractivity (Wildman–Crippen MR) is 53.1 cm³/mol. The molecule has 1 aromatic rings. The zero-order chi connectivity index (χ0) is 10.8. The summed E-state index contributed by atoms with van der Waals surface area (Å²) >= 11 is 0. The summed E-state index contributed by atoms with van der Waals surface area (Å²) in [5.74, 6) is 0. The van der Waals surface area contributed by atoms with E-state index in [9.17, 15) is 8.42 Å². The number of rotatable bonds is 4. The molecule has 0 aliphatic carbocycles. The van der Waals surface area contributed by atoms with Gasteiger partial charge in [-0.05, 0) is 12.1 Å².